The summed E-state index contributed by atoms with van der Waals surface area (Å²) in [5.41, 5.74) is 2.55. The van der Waals surface area contributed by atoms with Gasteiger partial charge in [0, 0.05) is 19.0 Å². The maximum Gasteiger partial charge on any atom is 0.144 e. The van der Waals surface area contributed by atoms with Crippen molar-refractivity contribution in [3.8, 4) is 0 Å². The maximum atomic E-state index is 12.1. The van der Waals surface area contributed by atoms with Crippen LogP contribution in [0, 0.1) is 5.92 Å². The van der Waals surface area contributed by atoms with Gasteiger partial charge in [0.15, 0.2) is 0 Å². The van der Waals surface area contributed by atoms with Gasteiger partial charge in [0.2, 0.25) is 0 Å². The molecule has 15 heavy (non-hydrogen) atoms. The predicted octanol–water partition coefficient (Wildman–Crippen LogP) is 1.85. The molecule has 1 aromatic carbocycles. The zero-order chi connectivity index (χ0) is 10.3. The largest absolute Gasteiger partial charge is 0.312 e. The topological polar surface area (TPSA) is 29.1 Å². The number of ketones is 1. The summed E-state index contributed by atoms with van der Waals surface area (Å²) in [5.74, 6) is 0.931. The summed E-state index contributed by atoms with van der Waals surface area (Å²) < 4.78 is 0. The molecule has 1 aliphatic carbocycles. The number of hydrogen-bond donors (Lipinski definition) is 1. The standard InChI is InChI=1S/C13H15NO/c15-13(9-5-6-9)12-8-14-7-10-3-1-2-4-11(10)12/h1-4,9,12,14H,5-8H2. The molecule has 0 saturated heterocycles. The van der Waals surface area contributed by atoms with Crippen molar-refractivity contribution < 1.29 is 4.79 Å². The fourth-order valence-corrected chi connectivity index (χ4v) is 2.40. The Labute approximate surface area is 89.7 Å². The van der Waals surface area contributed by atoms with E-state index in [9.17, 15) is 4.79 Å². The van der Waals surface area contributed by atoms with E-state index in [2.05, 4.69) is 17.4 Å². The van der Waals surface area contributed by atoms with Crippen LogP contribution in [0.1, 0.15) is 29.9 Å². The summed E-state index contributed by atoms with van der Waals surface area (Å²) in [4.78, 5) is 12.1. The van der Waals surface area contributed by atoms with Gasteiger partial charge in [-0.05, 0) is 24.0 Å². The summed E-state index contributed by atoms with van der Waals surface area (Å²) >= 11 is 0. The highest BCUT2D eigenvalue weighted by Gasteiger charge is 2.36. The summed E-state index contributed by atoms with van der Waals surface area (Å²) in [7, 11) is 0. The van der Waals surface area contributed by atoms with E-state index in [1.165, 1.54) is 11.1 Å². The number of nitrogens with one attached hydrogen (secondary N) is 1. The van der Waals surface area contributed by atoms with E-state index in [1.807, 2.05) is 12.1 Å². The Kier molecular flexibility index (Phi) is 2.10. The zero-order valence-corrected chi connectivity index (χ0v) is 8.70. The average Bonchev–Trinajstić information content (AvgIpc) is 3.11. The third-order valence-corrected chi connectivity index (χ3v) is 3.42. The van der Waals surface area contributed by atoms with E-state index in [0.29, 0.717) is 11.7 Å². The minimum Gasteiger partial charge on any atom is -0.312 e. The molecule has 2 aliphatic rings. The van der Waals surface area contributed by atoms with Gasteiger partial charge in [-0.2, -0.15) is 0 Å². The Bertz CT molecular complexity index is 395. The molecule has 2 nitrogen and oxygen atoms in total. The van der Waals surface area contributed by atoms with Crippen molar-refractivity contribution in [1.82, 2.24) is 5.32 Å². The van der Waals surface area contributed by atoms with Crippen LogP contribution < -0.4 is 5.32 Å². The van der Waals surface area contributed by atoms with Gasteiger partial charge in [0.1, 0.15) is 5.78 Å². The van der Waals surface area contributed by atoms with E-state index < -0.39 is 0 Å². The van der Waals surface area contributed by atoms with Crippen LogP contribution in [0.5, 0.6) is 0 Å². The molecule has 0 amide bonds. The molecule has 0 aromatic heterocycles. The van der Waals surface area contributed by atoms with Crippen LogP contribution in [0.25, 0.3) is 0 Å². The molecule has 3 rings (SSSR count). The molecule has 1 atom stereocenters. The van der Waals surface area contributed by atoms with Crippen molar-refractivity contribution in [3.63, 3.8) is 0 Å². The number of hydrogen-bond acceptors (Lipinski definition) is 2. The highest BCUT2D eigenvalue weighted by molar-refractivity contribution is 5.90. The normalized spacial score (nSPS) is 24.7. The van der Waals surface area contributed by atoms with Gasteiger partial charge >= 0.3 is 0 Å². The van der Waals surface area contributed by atoms with Gasteiger partial charge in [-0.25, -0.2) is 0 Å². The van der Waals surface area contributed by atoms with Gasteiger partial charge in [-0.15, -0.1) is 0 Å². The second-order valence-corrected chi connectivity index (χ2v) is 4.56. The number of Topliss-reactive ketones (excluding diaryl/α,β-unsaturated/α-hetero) is 1. The Balaban J connectivity index is 1.94. The van der Waals surface area contributed by atoms with Gasteiger partial charge in [-0.3, -0.25) is 4.79 Å². The zero-order valence-electron chi connectivity index (χ0n) is 8.70. The maximum absolute atomic E-state index is 12.1. The minimum absolute atomic E-state index is 0.113. The summed E-state index contributed by atoms with van der Waals surface area (Å²) in [6.45, 7) is 1.73. The molecule has 0 bridgehead atoms. The van der Waals surface area contributed by atoms with Crippen molar-refractivity contribution in [2.24, 2.45) is 5.92 Å². The van der Waals surface area contributed by atoms with Crippen molar-refractivity contribution in [2.75, 3.05) is 6.54 Å². The Morgan fingerprint density at radius 1 is 1.27 bits per heavy atom. The molecule has 1 fully saturated rings. The van der Waals surface area contributed by atoms with Crippen LogP contribution in [0.15, 0.2) is 24.3 Å². The monoisotopic (exact) mass is 201 g/mol. The van der Waals surface area contributed by atoms with E-state index in [-0.39, 0.29) is 5.92 Å². The molecular formula is C13H15NO. The van der Waals surface area contributed by atoms with Gasteiger partial charge in [0.05, 0.1) is 5.92 Å². The van der Waals surface area contributed by atoms with Crippen molar-refractivity contribution >= 4 is 5.78 Å². The van der Waals surface area contributed by atoms with Crippen LogP contribution in [0.4, 0.5) is 0 Å². The highest BCUT2D eigenvalue weighted by atomic mass is 16.1. The van der Waals surface area contributed by atoms with Crippen LogP contribution in [0.3, 0.4) is 0 Å². The lowest BCUT2D eigenvalue weighted by atomic mass is 9.86. The van der Waals surface area contributed by atoms with E-state index in [0.717, 1.165) is 25.9 Å². The Morgan fingerprint density at radius 3 is 2.87 bits per heavy atom. The first-order chi connectivity index (χ1) is 7.36. The summed E-state index contributed by atoms with van der Waals surface area (Å²) in [6.07, 6.45) is 2.22. The lowest BCUT2D eigenvalue weighted by molar-refractivity contribution is -0.121. The van der Waals surface area contributed by atoms with Crippen LogP contribution in [0.2, 0.25) is 0 Å². The fraction of sp³-hybridized carbons (Fsp3) is 0.462. The van der Waals surface area contributed by atoms with Gasteiger partial charge in [-0.1, -0.05) is 24.3 Å². The van der Waals surface area contributed by atoms with Crippen LogP contribution in [-0.2, 0) is 11.3 Å². The van der Waals surface area contributed by atoms with E-state index in [1.54, 1.807) is 0 Å². The molecule has 1 heterocycles. The average molecular weight is 201 g/mol. The van der Waals surface area contributed by atoms with Crippen molar-refractivity contribution in [3.05, 3.63) is 35.4 Å². The van der Waals surface area contributed by atoms with Gasteiger partial charge < -0.3 is 5.32 Å². The minimum atomic E-state index is 0.113. The molecule has 1 unspecified atom stereocenters. The first kappa shape index (κ1) is 9.10. The number of rotatable bonds is 2. The number of carbonyl (C=O) groups excluding carboxylic acids is 1. The molecular weight excluding hydrogens is 186 g/mol. The smallest absolute Gasteiger partial charge is 0.144 e. The van der Waals surface area contributed by atoms with Crippen molar-refractivity contribution in [2.45, 2.75) is 25.3 Å². The Hall–Kier alpha value is -1.15. The third kappa shape index (κ3) is 1.59. The molecule has 1 aliphatic heterocycles. The summed E-state index contributed by atoms with van der Waals surface area (Å²) in [6, 6.07) is 8.32. The lowest BCUT2D eigenvalue weighted by Gasteiger charge is -2.25. The lowest BCUT2D eigenvalue weighted by Crippen LogP contribution is -2.33. The molecule has 1 saturated carbocycles. The Morgan fingerprint density at radius 2 is 2.07 bits per heavy atom. The second-order valence-electron chi connectivity index (χ2n) is 4.56. The molecule has 78 valence electrons. The van der Waals surface area contributed by atoms with E-state index >= 15 is 0 Å². The molecule has 1 N–H and O–H groups in total. The second kappa shape index (κ2) is 3.46. The molecule has 1 aromatic rings. The van der Waals surface area contributed by atoms with E-state index in [4.69, 9.17) is 0 Å². The quantitative estimate of drug-likeness (QED) is 0.791. The molecule has 2 heteroatoms. The van der Waals surface area contributed by atoms with Gasteiger partial charge in [0.25, 0.3) is 0 Å². The van der Waals surface area contributed by atoms with Crippen LogP contribution >= 0.6 is 0 Å². The predicted molar refractivity (Wildman–Crippen MR) is 58.6 cm³/mol. The highest BCUT2D eigenvalue weighted by Crippen LogP contribution is 2.37. The number of benzene rings is 1. The number of fused-ring (bicyclic) bond motifs is 1. The molecule has 0 spiro atoms. The SMILES string of the molecule is O=C(C1CC1)C1CNCc2ccccc21. The molecule has 0 radical (unpaired) electrons. The van der Waals surface area contributed by atoms with Crippen LogP contribution in [-0.4, -0.2) is 12.3 Å². The third-order valence-electron chi connectivity index (χ3n) is 3.42. The number of carbonyl (C=O) groups is 1. The van der Waals surface area contributed by atoms with Crippen molar-refractivity contribution in [1.29, 1.82) is 0 Å². The first-order valence-electron chi connectivity index (χ1n) is 5.68. The first-order valence-corrected chi connectivity index (χ1v) is 5.68. The fourth-order valence-electron chi connectivity index (χ4n) is 2.40. The summed E-state index contributed by atoms with van der Waals surface area (Å²) in [5, 5.41) is 3.33.